The van der Waals surface area contributed by atoms with Crippen molar-refractivity contribution >= 4 is 15.5 Å². The topological polar surface area (TPSA) is 49.4 Å². The zero-order chi connectivity index (χ0) is 13.5. The number of sulfone groups is 1. The van der Waals surface area contributed by atoms with Crippen molar-refractivity contribution in [2.45, 2.75) is 23.8 Å². The van der Waals surface area contributed by atoms with Gasteiger partial charge >= 0.3 is 0 Å². The second kappa shape index (κ2) is 4.80. The van der Waals surface area contributed by atoms with Gasteiger partial charge in [0.1, 0.15) is 0 Å². The average molecular weight is 280 g/mol. The molecule has 3 fully saturated rings. The van der Waals surface area contributed by atoms with Gasteiger partial charge in [0.25, 0.3) is 0 Å². The number of hydrogen-bond donors (Lipinski definition) is 1. The minimum atomic E-state index is -3.13. The summed E-state index contributed by atoms with van der Waals surface area (Å²) in [6.07, 6.45) is 3.76. The number of piperidine rings is 3. The molecule has 0 radical (unpaired) electrons. The van der Waals surface area contributed by atoms with E-state index >= 15 is 0 Å². The van der Waals surface area contributed by atoms with E-state index in [0.717, 1.165) is 18.2 Å². The molecule has 0 aromatic heterocycles. The van der Waals surface area contributed by atoms with Crippen LogP contribution in [-0.2, 0) is 9.84 Å². The van der Waals surface area contributed by atoms with Gasteiger partial charge < -0.3 is 10.2 Å². The van der Waals surface area contributed by atoms with E-state index in [1.165, 1.54) is 32.2 Å². The summed E-state index contributed by atoms with van der Waals surface area (Å²) < 4.78 is 23.1. The van der Waals surface area contributed by atoms with Gasteiger partial charge in [-0.05, 0) is 50.0 Å². The van der Waals surface area contributed by atoms with Gasteiger partial charge in [0.15, 0.2) is 9.84 Å². The molecule has 3 saturated heterocycles. The Bertz CT molecular complexity index is 563. The van der Waals surface area contributed by atoms with Gasteiger partial charge in [-0.25, -0.2) is 8.42 Å². The lowest BCUT2D eigenvalue weighted by atomic mass is 9.84. The second-order valence-electron chi connectivity index (χ2n) is 5.69. The molecule has 1 aromatic carbocycles. The number of benzene rings is 1. The molecule has 1 unspecified atom stereocenters. The molecule has 1 atom stereocenters. The van der Waals surface area contributed by atoms with E-state index in [9.17, 15) is 8.42 Å². The van der Waals surface area contributed by atoms with Gasteiger partial charge in [0, 0.05) is 24.5 Å². The molecule has 3 aliphatic heterocycles. The summed E-state index contributed by atoms with van der Waals surface area (Å²) in [6.45, 7) is 3.51. The van der Waals surface area contributed by atoms with E-state index in [1.54, 1.807) is 18.2 Å². The maximum atomic E-state index is 11.6. The van der Waals surface area contributed by atoms with E-state index in [4.69, 9.17) is 0 Å². The van der Waals surface area contributed by atoms with Crippen LogP contribution in [0.4, 0.5) is 5.69 Å². The fraction of sp³-hybridized carbons (Fsp3) is 0.571. The molecule has 19 heavy (non-hydrogen) atoms. The highest BCUT2D eigenvalue weighted by Crippen LogP contribution is 2.30. The highest BCUT2D eigenvalue weighted by Gasteiger charge is 2.33. The molecule has 1 N–H and O–H groups in total. The minimum Gasteiger partial charge on any atom is -0.381 e. The average Bonchev–Trinajstić information content (AvgIpc) is 2.39. The van der Waals surface area contributed by atoms with Gasteiger partial charge in [0.05, 0.1) is 4.90 Å². The van der Waals surface area contributed by atoms with Crippen molar-refractivity contribution in [1.29, 1.82) is 0 Å². The molecule has 0 saturated carbocycles. The monoisotopic (exact) mass is 280 g/mol. The van der Waals surface area contributed by atoms with Gasteiger partial charge in [-0.1, -0.05) is 6.07 Å². The molecule has 0 amide bonds. The third-order valence-electron chi connectivity index (χ3n) is 4.27. The second-order valence-corrected chi connectivity index (χ2v) is 7.70. The van der Waals surface area contributed by atoms with Crippen LogP contribution in [0.25, 0.3) is 0 Å². The Morgan fingerprint density at radius 1 is 1.26 bits per heavy atom. The largest absolute Gasteiger partial charge is 0.381 e. The summed E-state index contributed by atoms with van der Waals surface area (Å²) in [7, 11) is -3.13. The van der Waals surface area contributed by atoms with E-state index in [0.29, 0.717) is 10.9 Å². The first-order valence-corrected chi connectivity index (χ1v) is 8.70. The van der Waals surface area contributed by atoms with Crippen LogP contribution in [0.15, 0.2) is 29.2 Å². The fourth-order valence-corrected chi connectivity index (χ4v) is 3.83. The van der Waals surface area contributed by atoms with E-state index < -0.39 is 9.84 Å². The first kappa shape index (κ1) is 12.9. The van der Waals surface area contributed by atoms with Gasteiger partial charge in [-0.2, -0.15) is 0 Å². The molecule has 104 valence electrons. The molecule has 2 bridgehead atoms. The number of nitrogens with zero attached hydrogens (tertiary/aromatic N) is 1. The van der Waals surface area contributed by atoms with E-state index in [-0.39, 0.29) is 0 Å². The van der Waals surface area contributed by atoms with Crippen LogP contribution in [-0.4, -0.2) is 45.2 Å². The molecule has 0 spiro atoms. The zero-order valence-corrected chi connectivity index (χ0v) is 12.0. The molecular formula is C14H20N2O2S. The lowest BCUT2D eigenvalue weighted by Gasteiger charge is -2.45. The van der Waals surface area contributed by atoms with Gasteiger partial charge in [0.2, 0.25) is 0 Å². The quantitative estimate of drug-likeness (QED) is 0.913. The number of hydrogen-bond acceptors (Lipinski definition) is 4. The fourth-order valence-electron chi connectivity index (χ4n) is 3.16. The van der Waals surface area contributed by atoms with Crippen molar-refractivity contribution in [1.82, 2.24) is 4.90 Å². The van der Waals surface area contributed by atoms with Crippen LogP contribution in [0.5, 0.6) is 0 Å². The van der Waals surface area contributed by atoms with Crippen LogP contribution in [0.1, 0.15) is 12.8 Å². The molecule has 4 nitrogen and oxygen atoms in total. The van der Waals surface area contributed by atoms with Crippen LogP contribution in [0.2, 0.25) is 0 Å². The Kier molecular flexibility index (Phi) is 3.27. The molecule has 4 rings (SSSR count). The molecule has 1 aromatic rings. The van der Waals surface area contributed by atoms with Crippen molar-refractivity contribution < 1.29 is 8.42 Å². The lowest BCUT2D eigenvalue weighted by molar-refractivity contribution is 0.0975. The van der Waals surface area contributed by atoms with Crippen molar-refractivity contribution in [3.63, 3.8) is 0 Å². The Morgan fingerprint density at radius 3 is 2.58 bits per heavy atom. The first-order chi connectivity index (χ1) is 9.02. The number of nitrogens with one attached hydrogen (secondary N) is 1. The Morgan fingerprint density at radius 2 is 2.00 bits per heavy atom. The summed E-state index contributed by atoms with van der Waals surface area (Å²) in [5.74, 6) is 0.729. The third-order valence-corrected chi connectivity index (χ3v) is 5.38. The smallest absolute Gasteiger partial charge is 0.175 e. The van der Waals surface area contributed by atoms with Crippen LogP contribution in [0.3, 0.4) is 0 Å². The van der Waals surface area contributed by atoms with Gasteiger partial charge in [-0.15, -0.1) is 0 Å². The first-order valence-electron chi connectivity index (χ1n) is 6.81. The Hall–Kier alpha value is -1.07. The van der Waals surface area contributed by atoms with Crippen LogP contribution < -0.4 is 5.32 Å². The minimum absolute atomic E-state index is 0.388. The molecular weight excluding hydrogens is 260 g/mol. The van der Waals surface area contributed by atoms with Crippen molar-refractivity contribution in [3.8, 4) is 0 Å². The van der Waals surface area contributed by atoms with Crippen LogP contribution in [0, 0.1) is 5.92 Å². The maximum Gasteiger partial charge on any atom is 0.175 e. The summed E-state index contributed by atoms with van der Waals surface area (Å²) >= 11 is 0. The summed E-state index contributed by atoms with van der Waals surface area (Å²) in [5.41, 5.74) is 0.918. The Balaban J connectivity index is 1.77. The number of anilines is 1. The summed E-state index contributed by atoms with van der Waals surface area (Å²) in [6, 6.07) is 7.61. The van der Waals surface area contributed by atoms with Crippen molar-refractivity contribution in [2.75, 3.05) is 31.2 Å². The Labute approximate surface area is 114 Å². The predicted molar refractivity (Wildman–Crippen MR) is 76.1 cm³/mol. The van der Waals surface area contributed by atoms with E-state index in [1.807, 2.05) is 6.07 Å². The SMILES string of the molecule is CS(=O)(=O)c1cccc(NC2CN3CCC2CC3)c1. The normalized spacial score (nSPS) is 30.3. The highest BCUT2D eigenvalue weighted by atomic mass is 32.2. The number of rotatable bonds is 3. The molecule has 3 aliphatic rings. The van der Waals surface area contributed by atoms with Gasteiger partial charge in [-0.3, -0.25) is 0 Å². The predicted octanol–water partition coefficient (Wildman–Crippen LogP) is 1.60. The maximum absolute atomic E-state index is 11.6. The van der Waals surface area contributed by atoms with Crippen molar-refractivity contribution in [3.05, 3.63) is 24.3 Å². The highest BCUT2D eigenvalue weighted by molar-refractivity contribution is 7.90. The van der Waals surface area contributed by atoms with Crippen molar-refractivity contribution in [2.24, 2.45) is 5.92 Å². The molecule has 0 aliphatic carbocycles. The lowest BCUT2D eigenvalue weighted by Crippen LogP contribution is -2.53. The van der Waals surface area contributed by atoms with Crippen LogP contribution >= 0.6 is 0 Å². The molecule has 3 heterocycles. The number of fused-ring (bicyclic) bond motifs is 3. The zero-order valence-electron chi connectivity index (χ0n) is 11.2. The van der Waals surface area contributed by atoms with E-state index in [2.05, 4.69) is 10.2 Å². The molecule has 5 heteroatoms. The summed E-state index contributed by atoms with van der Waals surface area (Å²) in [5, 5.41) is 3.52. The summed E-state index contributed by atoms with van der Waals surface area (Å²) in [4.78, 5) is 2.87. The third kappa shape index (κ3) is 2.77. The standard InChI is InChI=1S/C14H20N2O2S/c1-19(17,18)13-4-2-3-12(9-13)15-14-10-16-7-5-11(14)6-8-16/h2-4,9,11,14-15H,5-8,10H2,1H3.